The molecule has 11 heavy (non-hydrogen) atoms. The molecule has 0 rings (SSSR count). The van der Waals surface area contributed by atoms with Gasteiger partial charge in [0.25, 0.3) is 0 Å². The molecular formula is C7H18O4. The van der Waals surface area contributed by atoms with Crippen LogP contribution in [0.1, 0.15) is 13.8 Å². The minimum absolute atomic E-state index is 0.125. The van der Waals surface area contributed by atoms with Crippen LogP contribution in [-0.4, -0.2) is 47.9 Å². The first-order valence-electron chi connectivity index (χ1n) is 3.66. The number of aliphatic hydroxyl groups excluding tert-OH is 3. The van der Waals surface area contributed by atoms with Gasteiger partial charge in [0.05, 0.1) is 25.9 Å². The third-order valence-corrected chi connectivity index (χ3v) is 0.663. The molecule has 1 unspecified atom stereocenters. The quantitative estimate of drug-likeness (QED) is 0.520. The lowest BCUT2D eigenvalue weighted by Gasteiger charge is -2.00. The van der Waals surface area contributed by atoms with Gasteiger partial charge in [0, 0.05) is 6.61 Å². The van der Waals surface area contributed by atoms with Crippen LogP contribution in [0.4, 0.5) is 0 Å². The average Bonchev–Trinajstić information content (AvgIpc) is 2.01. The van der Waals surface area contributed by atoms with Crippen LogP contribution in [0, 0.1) is 0 Å². The normalized spacial score (nSPS) is 11.7. The Labute approximate surface area is 67.4 Å². The van der Waals surface area contributed by atoms with Crippen molar-refractivity contribution in [3.63, 3.8) is 0 Å². The van der Waals surface area contributed by atoms with E-state index < -0.39 is 0 Å². The average molecular weight is 166 g/mol. The van der Waals surface area contributed by atoms with Crippen molar-refractivity contribution in [2.45, 2.75) is 20.0 Å². The summed E-state index contributed by atoms with van der Waals surface area (Å²) in [4.78, 5) is 0. The minimum Gasteiger partial charge on any atom is -0.394 e. The lowest BCUT2D eigenvalue weighted by molar-refractivity contribution is 0.0527. The molecule has 70 valence electrons. The highest BCUT2D eigenvalue weighted by molar-refractivity contribution is 4.38. The first kappa shape index (κ1) is 13.4. The zero-order valence-corrected chi connectivity index (χ0v) is 7.16. The number of aliphatic hydroxyl groups is 3. The third-order valence-electron chi connectivity index (χ3n) is 0.663. The van der Waals surface area contributed by atoms with Gasteiger partial charge in [-0.25, -0.2) is 0 Å². The van der Waals surface area contributed by atoms with Crippen LogP contribution in [0.15, 0.2) is 0 Å². The monoisotopic (exact) mass is 166 g/mol. The summed E-state index contributed by atoms with van der Waals surface area (Å²) in [5, 5.41) is 23.8. The molecule has 0 bridgehead atoms. The summed E-state index contributed by atoms with van der Waals surface area (Å²) in [6.45, 7) is 4.50. The summed E-state index contributed by atoms with van der Waals surface area (Å²) in [6, 6.07) is 0. The van der Waals surface area contributed by atoms with Crippen molar-refractivity contribution >= 4 is 0 Å². The zero-order chi connectivity index (χ0) is 9.11. The summed E-state index contributed by atoms with van der Waals surface area (Å²) < 4.78 is 4.84. The van der Waals surface area contributed by atoms with E-state index in [1.807, 2.05) is 6.92 Å². The van der Waals surface area contributed by atoms with Crippen molar-refractivity contribution in [1.29, 1.82) is 0 Å². The van der Waals surface area contributed by atoms with E-state index in [1.165, 1.54) is 0 Å². The molecule has 0 aromatic heterocycles. The van der Waals surface area contributed by atoms with Crippen LogP contribution >= 0.6 is 0 Å². The first-order chi connectivity index (χ1) is 5.18. The molecule has 0 aliphatic rings. The molecule has 0 fully saturated rings. The predicted molar refractivity (Wildman–Crippen MR) is 42.3 cm³/mol. The van der Waals surface area contributed by atoms with Crippen LogP contribution in [0.3, 0.4) is 0 Å². The molecule has 4 heteroatoms. The van der Waals surface area contributed by atoms with Crippen molar-refractivity contribution in [1.82, 2.24) is 0 Å². The number of rotatable bonds is 4. The molecule has 0 aromatic carbocycles. The second-order valence-corrected chi connectivity index (χ2v) is 1.96. The maximum Gasteiger partial charge on any atom is 0.0745 e. The highest BCUT2D eigenvalue weighted by atomic mass is 16.5. The van der Waals surface area contributed by atoms with Crippen LogP contribution in [0.25, 0.3) is 0 Å². The Hall–Kier alpha value is -0.160. The smallest absolute Gasteiger partial charge is 0.0745 e. The minimum atomic E-state index is -0.319. The summed E-state index contributed by atoms with van der Waals surface area (Å²) in [7, 11) is 0. The Bertz CT molecular complexity index is 54.4. The van der Waals surface area contributed by atoms with E-state index in [2.05, 4.69) is 0 Å². The van der Waals surface area contributed by atoms with Gasteiger partial charge in [0.2, 0.25) is 0 Å². The van der Waals surface area contributed by atoms with Gasteiger partial charge in [-0.2, -0.15) is 0 Å². The van der Waals surface area contributed by atoms with Crippen LogP contribution in [0.2, 0.25) is 0 Å². The second kappa shape index (κ2) is 12.5. The molecular weight excluding hydrogens is 148 g/mol. The lowest BCUT2D eigenvalue weighted by atomic mass is 10.4. The largest absolute Gasteiger partial charge is 0.394 e. The summed E-state index contributed by atoms with van der Waals surface area (Å²) in [5.41, 5.74) is 0. The first-order valence-corrected chi connectivity index (χ1v) is 3.66. The van der Waals surface area contributed by atoms with Crippen molar-refractivity contribution in [2.24, 2.45) is 0 Å². The van der Waals surface area contributed by atoms with Gasteiger partial charge in [0.1, 0.15) is 0 Å². The fourth-order valence-electron chi connectivity index (χ4n) is 0.288. The van der Waals surface area contributed by atoms with E-state index in [9.17, 15) is 0 Å². The maximum atomic E-state index is 8.56. The highest BCUT2D eigenvalue weighted by Gasteiger charge is 1.89. The molecule has 0 aliphatic carbocycles. The van der Waals surface area contributed by atoms with Crippen molar-refractivity contribution < 1.29 is 20.1 Å². The fourth-order valence-corrected chi connectivity index (χ4v) is 0.288. The van der Waals surface area contributed by atoms with Gasteiger partial charge in [-0.1, -0.05) is 0 Å². The van der Waals surface area contributed by atoms with Crippen LogP contribution in [0.5, 0.6) is 0 Å². The molecule has 0 amide bonds. The molecule has 1 atom stereocenters. The van der Waals surface area contributed by atoms with Gasteiger partial charge in [-0.05, 0) is 13.8 Å². The van der Waals surface area contributed by atoms with Crippen molar-refractivity contribution in [2.75, 3.05) is 26.4 Å². The van der Waals surface area contributed by atoms with E-state index in [1.54, 1.807) is 6.92 Å². The Kier molecular flexibility index (Phi) is 15.3. The van der Waals surface area contributed by atoms with Gasteiger partial charge in [0.15, 0.2) is 0 Å². The number of ether oxygens (including phenoxy) is 1. The summed E-state index contributed by atoms with van der Waals surface area (Å²) in [6.07, 6.45) is -0.319. The molecule has 0 aliphatic heterocycles. The standard InChI is InChI=1S/C5H12O2.C2H6O2/c1-3-7-4-5(2)6;3-1-2-4/h5-6H,3-4H2,1-2H3;3-4H,1-2H2. The zero-order valence-electron chi connectivity index (χ0n) is 7.16. The van der Waals surface area contributed by atoms with E-state index in [0.717, 1.165) is 0 Å². The predicted octanol–water partition coefficient (Wildman–Crippen LogP) is -0.625. The summed E-state index contributed by atoms with van der Waals surface area (Å²) >= 11 is 0. The Morgan fingerprint density at radius 3 is 1.82 bits per heavy atom. The third kappa shape index (κ3) is 25.8. The molecule has 3 N–H and O–H groups in total. The molecule has 0 radical (unpaired) electrons. The van der Waals surface area contributed by atoms with Crippen molar-refractivity contribution in [3.05, 3.63) is 0 Å². The molecule has 0 heterocycles. The SMILES string of the molecule is CCOCC(C)O.OCCO. The molecule has 4 nitrogen and oxygen atoms in total. The Morgan fingerprint density at radius 1 is 1.27 bits per heavy atom. The van der Waals surface area contributed by atoms with Crippen LogP contribution in [-0.2, 0) is 4.74 Å². The molecule has 0 spiro atoms. The van der Waals surface area contributed by atoms with Gasteiger partial charge in [-0.3, -0.25) is 0 Å². The van der Waals surface area contributed by atoms with E-state index in [-0.39, 0.29) is 19.3 Å². The topological polar surface area (TPSA) is 69.9 Å². The molecule has 0 saturated carbocycles. The van der Waals surface area contributed by atoms with Gasteiger partial charge < -0.3 is 20.1 Å². The number of hydrogen-bond acceptors (Lipinski definition) is 4. The Morgan fingerprint density at radius 2 is 1.73 bits per heavy atom. The second-order valence-electron chi connectivity index (χ2n) is 1.96. The molecule has 0 saturated heterocycles. The Balaban J connectivity index is 0. The van der Waals surface area contributed by atoms with Gasteiger partial charge in [-0.15, -0.1) is 0 Å². The number of hydrogen-bond donors (Lipinski definition) is 3. The lowest BCUT2D eigenvalue weighted by Crippen LogP contribution is -2.09. The van der Waals surface area contributed by atoms with E-state index >= 15 is 0 Å². The van der Waals surface area contributed by atoms with Crippen LogP contribution < -0.4 is 0 Å². The van der Waals surface area contributed by atoms with E-state index in [4.69, 9.17) is 20.1 Å². The summed E-state index contributed by atoms with van der Waals surface area (Å²) in [5.74, 6) is 0. The van der Waals surface area contributed by atoms with E-state index in [0.29, 0.717) is 13.2 Å². The van der Waals surface area contributed by atoms with Gasteiger partial charge >= 0.3 is 0 Å². The molecule has 0 aromatic rings. The highest BCUT2D eigenvalue weighted by Crippen LogP contribution is 1.79. The maximum absolute atomic E-state index is 8.56. The van der Waals surface area contributed by atoms with Crippen molar-refractivity contribution in [3.8, 4) is 0 Å². The fraction of sp³-hybridized carbons (Fsp3) is 1.00.